The molecule has 2 heteroatoms. The Labute approximate surface area is 106 Å². The maximum Gasteiger partial charge on any atom is 0.0488 e. The van der Waals surface area contributed by atoms with Gasteiger partial charge in [-0.3, -0.25) is 0 Å². The summed E-state index contributed by atoms with van der Waals surface area (Å²) in [5.41, 5.74) is 1.38. The fourth-order valence-electron chi connectivity index (χ4n) is 1.93. The van der Waals surface area contributed by atoms with Gasteiger partial charge in [0.15, 0.2) is 0 Å². The van der Waals surface area contributed by atoms with E-state index in [1.165, 1.54) is 29.3 Å². The zero-order chi connectivity index (χ0) is 10.4. The van der Waals surface area contributed by atoms with Crippen molar-refractivity contribution in [3.8, 4) is 0 Å². The van der Waals surface area contributed by atoms with Crippen molar-refractivity contribution in [2.45, 2.75) is 6.92 Å². The van der Waals surface area contributed by atoms with Gasteiger partial charge in [-0.2, -0.15) is 0 Å². The van der Waals surface area contributed by atoms with E-state index in [-0.39, 0.29) is 0 Å². The first-order chi connectivity index (χ1) is 7.27. The van der Waals surface area contributed by atoms with E-state index in [0.29, 0.717) is 0 Å². The largest absolute Gasteiger partial charge is 0.134 e. The van der Waals surface area contributed by atoms with E-state index in [2.05, 4.69) is 65.9 Å². The molecule has 0 aliphatic rings. The molecule has 0 aliphatic heterocycles. The van der Waals surface area contributed by atoms with Crippen molar-refractivity contribution < 1.29 is 0 Å². The summed E-state index contributed by atoms with van der Waals surface area (Å²) in [5, 5.41) is 2.79. The number of hydrogen-bond acceptors (Lipinski definition) is 1. The lowest BCUT2D eigenvalue weighted by Gasteiger charge is -1.94. The first-order valence-corrected chi connectivity index (χ1v) is 6.73. The van der Waals surface area contributed by atoms with Crippen molar-refractivity contribution in [2.24, 2.45) is 0 Å². The summed E-state index contributed by atoms with van der Waals surface area (Å²) < 4.78 is 4.20. The Balaban J connectivity index is 2.63. The van der Waals surface area contributed by atoms with Crippen LogP contribution in [-0.4, -0.2) is 0 Å². The monoisotopic (exact) mass is 324 g/mol. The summed E-state index contributed by atoms with van der Waals surface area (Å²) in [4.78, 5) is 0. The maximum atomic E-state index is 2.42. The topological polar surface area (TPSA) is 0 Å². The normalized spacial score (nSPS) is 11.3. The van der Waals surface area contributed by atoms with Gasteiger partial charge in [-0.25, -0.2) is 0 Å². The van der Waals surface area contributed by atoms with Crippen LogP contribution in [-0.2, 0) is 0 Å². The third kappa shape index (κ3) is 1.39. The molecule has 74 valence electrons. The van der Waals surface area contributed by atoms with Gasteiger partial charge >= 0.3 is 0 Å². The summed E-state index contributed by atoms with van der Waals surface area (Å²) >= 11 is 4.32. The fraction of sp³-hybridized carbons (Fsp3) is 0.0769. The van der Waals surface area contributed by atoms with E-state index in [1.807, 2.05) is 11.3 Å². The van der Waals surface area contributed by atoms with E-state index in [0.717, 1.165) is 0 Å². The lowest BCUT2D eigenvalue weighted by molar-refractivity contribution is 1.56. The first-order valence-electron chi connectivity index (χ1n) is 4.84. The molecule has 3 aromatic rings. The summed E-state index contributed by atoms with van der Waals surface area (Å²) in [6.07, 6.45) is 0. The minimum absolute atomic E-state index is 1.35. The van der Waals surface area contributed by atoms with Gasteiger partial charge in [-0.15, -0.1) is 11.3 Å². The number of rotatable bonds is 0. The molecule has 0 saturated heterocycles. The predicted molar refractivity (Wildman–Crippen MR) is 76.8 cm³/mol. The molecule has 0 fully saturated rings. The zero-order valence-electron chi connectivity index (χ0n) is 8.25. The molecule has 0 N–H and O–H groups in total. The molecule has 2 aromatic carbocycles. The SMILES string of the molecule is Cc1cccc2c1sc1c(I)cccc12. The third-order valence-corrected chi connectivity index (χ3v) is 5.33. The molecular weight excluding hydrogens is 315 g/mol. The third-order valence-electron chi connectivity index (χ3n) is 2.67. The maximum absolute atomic E-state index is 2.42. The predicted octanol–water partition coefficient (Wildman–Crippen LogP) is 4.97. The van der Waals surface area contributed by atoms with Gasteiger partial charge in [0.05, 0.1) is 0 Å². The summed E-state index contributed by atoms with van der Waals surface area (Å²) in [5.74, 6) is 0. The van der Waals surface area contributed by atoms with Gasteiger partial charge < -0.3 is 0 Å². The van der Waals surface area contributed by atoms with Crippen LogP contribution in [0.2, 0.25) is 0 Å². The molecule has 0 aliphatic carbocycles. The fourth-order valence-corrected chi connectivity index (χ4v) is 3.93. The van der Waals surface area contributed by atoms with Crippen LogP contribution < -0.4 is 0 Å². The second-order valence-electron chi connectivity index (χ2n) is 3.67. The van der Waals surface area contributed by atoms with Crippen LogP contribution in [0.15, 0.2) is 36.4 Å². The molecule has 0 saturated carbocycles. The Kier molecular flexibility index (Phi) is 2.21. The van der Waals surface area contributed by atoms with Crippen LogP contribution >= 0.6 is 33.9 Å². The number of fused-ring (bicyclic) bond motifs is 3. The summed E-state index contributed by atoms with van der Waals surface area (Å²) in [6.45, 7) is 2.19. The highest BCUT2D eigenvalue weighted by atomic mass is 127. The Bertz CT molecular complexity index is 596. The van der Waals surface area contributed by atoms with E-state index < -0.39 is 0 Å². The number of aryl methyl sites for hydroxylation is 1. The van der Waals surface area contributed by atoms with Gasteiger partial charge in [-0.05, 0) is 41.1 Å². The Morgan fingerprint density at radius 2 is 1.60 bits per heavy atom. The van der Waals surface area contributed by atoms with Crippen molar-refractivity contribution in [2.75, 3.05) is 0 Å². The molecule has 1 heterocycles. The highest BCUT2D eigenvalue weighted by Crippen LogP contribution is 2.37. The van der Waals surface area contributed by atoms with Gasteiger partial charge in [0.2, 0.25) is 0 Å². The van der Waals surface area contributed by atoms with Gasteiger partial charge in [-0.1, -0.05) is 30.3 Å². The number of hydrogen-bond donors (Lipinski definition) is 0. The van der Waals surface area contributed by atoms with Crippen LogP contribution in [0.3, 0.4) is 0 Å². The van der Waals surface area contributed by atoms with Gasteiger partial charge in [0, 0.05) is 23.7 Å². The van der Waals surface area contributed by atoms with E-state index in [4.69, 9.17) is 0 Å². The molecule has 0 radical (unpaired) electrons. The lowest BCUT2D eigenvalue weighted by Crippen LogP contribution is -1.71. The van der Waals surface area contributed by atoms with Crippen molar-refractivity contribution in [3.63, 3.8) is 0 Å². The second kappa shape index (κ2) is 3.46. The molecule has 15 heavy (non-hydrogen) atoms. The van der Waals surface area contributed by atoms with Crippen molar-refractivity contribution in [1.82, 2.24) is 0 Å². The lowest BCUT2D eigenvalue weighted by atomic mass is 10.1. The van der Waals surface area contributed by atoms with E-state index in [9.17, 15) is 0 Å². The molecule has 0 spiro atoms. The highest BCUT2D eigenvalue weighted by molar-refractivity contribution is 14.1. The van der Waals surface area contributed by atoms with E-state index >= 15 is 0 Å². The average Bonchev–Trinajstić information content (AvgIpc) is 2.60. The second-order valence-corrected chi connectivity index (χ2v) is 5.85. The number of thiophene rings is 1. The Hall–Kier alpha value is -0.610. The molecular formula is C13H9IS. The summed E-state index contributed by atoms with van der Waals surface area (Å²) in [7, 11) is 0. The molecule has 0 nitrogen and oxygen atoms in total. The number of halogens is 1. The van der Waals surface area contributed by atoms with Crippen molar-refractivity contribution in [1.29, 1.82) is 0 Å². The van der Waals surface area contributed by atoms with Crippen LogP contribution in [0.5, 0.6) is 0 Å². The quantitative estimate of drug-likeness (QED) is 0.512. The van der Waals surface area contributed by atoms with Gasteiger partial charge in [0.1, 0.15) is 0 Å². The molecule has 0 bridgehead atoms. The van der Waals surface area contributed by atoms with Crippen molar-refractivity contribution in [3.05, 3.63) is 45.5 Å². The van der Waals surface area contributed by atoms with Gasteiger partial charge in [0.25, 0.3) is 0 Å². The van der Waals surface area contributed by atoms with Crippen LogP contribution in [0.4, 0.5) is 0 Å². The minimum Gasteiger partial charge on any atom is -0.134 e. The average molecular weight is 324 g/mol. The molecule has 1 aromatic heterocycles. The molecule has 0 amide bonds. The number of benzene rings is 2. The Morgan fingerprint density at radius 1 is 0.933 bits per heavy atom. The highest BCUT2D eigenvalue weighted by Gasteiger charge is 2.07. The zero-order valence-corrected chi connectivity index (χ0v) is 11.2. The van der Waals surface area contributed by atoms with Crippen LogP contribution in [0, 0.1) is 10.5 Å². The standard InChI is InChI=1S/C13H9IS/c1-8-4-2-5-9-10-6-3-7-11(14)13(10)15-12(8)9/h2-7H,1H3. The summed E-state index contributed by atoms with van der Waals surface area (Å²) in [6, 6.07) is 13.1. The molecule has 0 atom stereocenters. The smallest absolute Gasteiger partial charge is 0.0488 e. The Morgan fingerprint density at radius 3 is 2.40 bits per heavy atom. The first kappa shape index (κ1) is 9.60. The minimum atomic E-state index is 1.35. The van der Waals surface area contributed by atoms with Crippen LogP contribution in [0.25, 0.3) is 20.2 Å². The van der Waals surface area contributed by atoms with E-state index in [1.54, 1.807) is 0 Å². The molecule has 3 rings (SSSR count). The van der Waals surface area contributed by atoms with Crippen LogP contribution in [0.1, 0.15) is 5.56 Å². The molecule has 0 unspecified atom stereocenters. The van der Waals surface area contributed by atoms with Crippen molar-refractivity contribution >= 4 is 54.1 Å².